The summed E-state index contributed by atoms with van der Waals surface area (Å²) in [4.78, 5) is 12.1. The molecule has 1 heterocycles. The van der Waals surface area contributed by atoms with Gasteiger partial charge in [0.2, 0.25) is 5.91 Å². The first-order chi connectivity index (χ1) is 11.2. The normalized spacial score (nSPS) is 19.3. The van der Waals surface area contributed by atoms with Crippen molar-refractivity contribution in [2.24, 2.45) is 11.7 Å². The van der Waals surface area contributed by atoms with Crippen molar-refractivity contribution in [3.8, 4) is 0 Å². The van der Waals surface area contributed by atoms with Crippen LogP contribution in [-0.4, -0.2) is 38.4 Å². The van der Waals surface area contributed by atoms with Gasteiger partial charge in [-0.3, -0.25) is 4.79 Å². The van der Waals surface area contributed by atoms with Gasteiger partial charge in [-0.25, -0.2) is 0 Å². The van der Waals surface area contributed by atoms with Gasteiger partial charge in [0.15, 0.2) is 0 Å². The largest absolute Gasteiger partial charge is 0.379 e. The highest BCUT2D eigenvalue weighted by Crippen LogP contribution is 2.18. The maximum atomic E-state index is 12.1. The lowest BCUT2D eigenvalue weighted by molar-refractivity contribution is -0.125. The smallest absolute Gasteiger partial charge is 0.224 e. The number of nitrogens with two attached hydrogens (primary N) is 1. The number of amides is 1. The Balaban J connectivity index is 0.00000288. The Hall–Kier alpha value is -1.14. The van der Waals surface area contributed by atoms with Crippen molar-refractivity contribution < 1.29 is 14.3 Å². The summed E-state index contributed by atoms with van der Waals surface area (Å²) in [5.74, 6) is -0.273. The number of hydrogen-bond acceptors (Lipinski definition) is 4. The zero-order chi connectivity index (χ0) is 16.5. The summed E-state index contributed by atoms with van der Waals surface area (Å²) in [6.07, 6.45) is 3.27. The Morgan fingerprint density at radius 1 is 1.42 bits per heavy atom. The molecule has 136 valence electrons. The van der Waals surface area contributed by atoms with Crippen molar-refractivity contribution in [3.63, 3.8) is 0 Å². The van der Waals surface area contributed by atoms with E-state index >= 15 is 0 Å². The minimum atomic E-state index is -0.285. The van der Waals surface area contributed by atoms with Gasteiger partial charge in [0, 0.05) is 25.8 Å². The SMILES string of the molecule is CC(C(=O)NCCCOCC1CCCO1)C(N)c1ccccc1.Cl. The quantitative estimate of drug-likeness (QED) is 0.666. The number of rotatable bonds is 9. The molecule has 1 fully saturated rings. The van der Waals surface area contributed by atoms with Crippen LogP contribution in [-0.2, 0) is 14.3 Å². The highest BCUT2D eigenvalue weighted by Gasteiger charge is 2.21. The van der Waals surface area contributed by atoms with E-state index in [1.807, 2.05) is 37.3 Å². The van der Waals surface area contributed by atoms with Crippen LogP contribution in [0, 0.1) is 5.92 Å². The van der Waals surface area contributed by atoms with Crippen LogP contribution >= 0.6 is 12.4 Å². The Bertz CT molecular complexity index is 467. The van der Waals surface area contributed by atoms with E-state index in [2.05, 4.69) is 5.32 Å². The molecule has 3 unspecified atom stereocenters. The van der Waals surface area contributed by atoms with Gasteiger partial charge in [0.1, 0.15) is 0 Å². The number of hydrogen-bond donors (Lipinski definition) is 2. The van der Waals surface area contributed by atoms with Gasteiger partial charge in [-0.15, -0.1) is 12.4 Å². The molecule has 0 spiro atoms. The van der Waals surface area contributed by atoms with E-state index in [1.165, 1.54) is 0 Å². The molecule has 1 aliphatic heterocycles. The zero-order valence-corrected chi connectivity index (χ0v) is 15.1. The van der Waals surface area contributed by atoms with Crippen LogP contribution in [0.15, 0.2) is 30.3 Å². The molecule has 1 saturated heterocycles. The predicted molar refractivity (Wildman–Crippen MR) is 97.2 cm³/mol. The second-order valence-electron chi connectivity index (χ2n) is 6.08. The number of halogens is 1. The second-order valence-corrected chi connectivity index (χ2v) is 6.08. The predicted octanol–water partition coefficient (Wildman–Crippen LogP) is 2.45. The number of benzene rings is 1. The van der Waals surface area contributed by atoms with E-state index in [4.69, 9.17) is 15.2 Å². The molecule has 5 nitrogen and oxygen atoms in total. The molecule has 3 atom stereocenters. The van der Waals surface area contributed by atoms with Gasteiger partial charge in [0.05, 0.1) is 18.6 Å². The van der Waals surface area contributed by atoms with Crippen molar-refractivity contribution in [3.05, 3.63) is 35.9 Å². The lowest BCUT2D eigenvalue weighted by atomic mass is 9.95. The molecule has 0 bridgehead atoms. The molecule has 0 saturated carbocycles. The maximum Gasteiger partial charge on any atom is 0.224 e. The van der Waals surface area contributed by atoms with Crippen LogP contribution in [0.25, 0.3) is 0 Å². The standard InChI is InChI=1S/C18H28N2O3.ClH/c1-14(17(19)15-7-3-2-4-8-15)18(21)20-10-6-11-22-13-16-9-5-12-23-16;/h2-4,7-8,14,16-17H,5-6,9-13,19H2,1H3,(H,20,21);1H. The molecule has 1 amide bonds. The lowest BCUT2D eigenvalue weighted by Crippen LogP contribution is -2.36. The van der Waals surface area contributed by atoms with E-state index in [0.29, 0.717) is 19.8 Å². The van der Waals surface area contributed by atoms with Gasteiger partial charge >= 0.3 is 0 Å². The zero-order valence-electron chi connectivity index (χ0n) is 14.3. The van der Waals surface area contributed by atoms with Crippen LogP contribution in [0.1, 0.15) is 37.8 Å². The monoisotopic (exact) mass is 356 g/mol. The first-order valence-electron chi connectivity index (χ1n) is 8.46. The Morgan fingerprint density at radius 3 is 2.83 bits per heavy atom. The molecule has 3 N–H and O–H groups in total. The van der Waals surface area contributed by atoms with E-state index in [9.17, 15) is 4.79 Å². The van der Waals surface area contributed by atoms with Crippen LogP contribution in [0.3, 0.4) is 0 Å². The highest BCUT2D eigenvalue weighted by atomic mass is 35.5. The lowest BCUT2D eigenvalue weighted by Gasteiger charge is -2.19. The number of ether oxygens (including phenoxy) is 2. The van der Waals surface area contributed by atoms with Crippen molar-refractivity contribution >= 4 is 18.3 Å². The first-order valence-corrected chi connectivity index (χ1v) is 8.46. The Kier molecular flexibility index (Phi) is 9.95. The van der Waals surface area contributed by atoms with Crippen molar-refractivity contribution in [1.82, 2.24) is 5.32 Å². The molecule has 2 rings (SSSR count). The molecule has 0 aromatic heterocycles. The topological polar surface area (TPSA) is 73.6 Å². The van der Waals surface area contributed by atoms with E-state index in [-0.39, 0.29) is 36.4 Å². The summed E-state index contributed by atoms with van der Waals surface area (Å²) in [5.41, 5.74) is 7.14. The van der Waals surface area contributed by atoms with Gasteiger partial charge in [0.25, 0.3) is 0 Å². The highest BCUT2D eigenvalue weighted by molar-refractivity contribution is 5.85. The summed E-state index contributed by atoms with van der Waals surface area (Å²) < 4.78 is 11.1. The summed E-state index contributed by atoms with van der Waals surface area (Å²) in [7, 11) is 0. The second kappa shape index (κ2) is 11.4. The van der Waals surface area contributed by atoms with Crippen LogP contribution in [0.4, 0.5) is 0 Å². The number of carbonyl (C=O) groups is 1. The average molecular weight is 357 g/mol. The van der Waals surface area contributed by atoms with E-state index in [0.717, 1.165) is 31.4 Å². The Labute approximate surface area is 150 Å². The third-order valence-corrected chi connectivity index (χ3v) is 4.23. The summed E-state index contributed by atoms with van der Waals surface area (Å²) in [6, 6.07) is 9.43. The molecule has 0 aliphatic carbocycles. The number of nitrogens with one attached hydrogen (secondary N) is 1. The third-order valence-electron chi connectivity index (χ3n) is 4.23. The Morgan fingerprint density at radius 2 is 2.17 bits per heavy atom. The number of carbonyl (C=O) groups excluding carboxylic acids is 1. The third kappa shape index (κ3) is 6.77. The van der Waals surface area contributed by atoms with Gasteiger partial charge in [-0.2, -0.15) is 0 Å². The van der Waals surface area contributed by atoms with Crippen molar-refractivity contribution in [1.29, 1.82) is 0 Å². The van der Waals surface area contributed by atoms with E-state index < -0.39 is 0 Å². The molecule has 1 aliphatic rings. The molecule has 1 aromatic carbocycles. The summed E-state index contributed by atoms with van der Waals surface area (Å²) >= 11 is 0. The first kappa shape index (κ1) is 20.9. The molecular weight excluding hydrogens is 328 g/mol. The minimum absolute atomic E-state index is 0. The molecule has 24 heavy (non-hydrogen) atoms. The van der Waals surface area contributed by atoms with Crippen LogP contribution < -0.4 is 11.1 Å². The summed E-state index contributed by atoms with van der Waals surface area (Å²) in [6.45, 7) is 4.61. The molecule has 0 radical (unpaired) electrons. The fourth-order valence-electron chi connectivity index (χ4n) is 2.66. The molecule has 6 heteroatoms. The van der Waals surface area contributed by atoms with Gasteiger partial charge < -0.3 is 20.5 Å². The van der Waals surface area contributed by atoms with Crippen LogP contribution in [0.2, 0.25) is 0 Å². The maximum absolute atomic E-state index is 12.1. The summed E-state index contributed by atoms with van der Waals surface area (Å²) in [5, 5.41) is 2.93. The van der Waals surface area contributed by atoms with E-state index in [1.54, 1.807) is 0 Å². The fraction of sp³-hybridized carbons (Fsp3) is 0.611. The van der Waals surface area contributed by atoms with Crippen LogP contribution in [0.5, 0.6) is 0 Å². The molecule has 1 aromatic rings. The minimum Gasteiger partial charge on any atom is -0.379 e. The van der Waals surface area contributed by atoms with Crippen molar-refractivity contribution in [2.75, 3.05) is 26.4 Å². The van der Waals surface area contributed by atoms with Gasteiger partial charge in [-0.1, -0.05) is 37.3 Å². The van der Waals surface area contributed by atoms with Crippen molar-refractivity contribution in [2.45, 2.75) is 38.3 Å². The van der Waals surface area contributed by atoms with Gasteiger partial charge in [-0.05, 0) is 24.8 Å². The fourth-order valence-corrected chi connectivity index (χ4v) is 2.66. The molecular formula is C18H29ClN2O3. The average Bonchev–Trinajstić information content (AvgIpc) is 3.10.